The fraction of sp³-hybridized carbons (Fsp3) is 0.625. The van der Waals surface area contributed by atoms with Crippen LogP contribution in [0.2, 0.25) is 0 Å². The molecule has 1 aromatic rings. The summed E-state index contributed by atoms with van der Waals surface area (Å²) < 4.78 is 27.4. The van der Waals surface area contributed by atoms with E-state index >= 15 is 0 Å². The molecule has 2 atom stereocenters. The summed E-state index contributed by atoms with van der Waals surface area (Å²) in [6, 6.07) is 6.14. The van der Waals surface area contributed by atoms with Gasteiger partial charge in [0, 0.05) is 30.6 Å². The highest BCUT2D eigenvalue weighted by molar-refractivity contribution is 7.90. The van der Waals surface area contributed by atoms with Gasteiger partial charge >= 0.3 is 0 Å². The molecule has 1 fully saturated rings. The van der Waals surface area contributed by atoms with Gasteiger partial charge in [0.25, 0.3) is 10.0 Å². The first-order valence-corrected chi connectivity index (χ1v) is 13.4. The Labute approximate surface area is 197 Å². The smallest absolute Gasteiger partial charge is 0.263 e. The molecule has 0 spiro atoms. The van der Waals surface area contributed by atoms with Crippen molar-refractivity contribution in [2.45, 2.75) is 76.8 Å². The molecule has 2 amide bonds. The minimum absolute atomic E-state index is 0.0584. The molecule has 3 rings (SSSR count). The molecule has 2 unspecified atom stereocenters. The Morgan fingerprint density at radius 2 is 1.85 bits per heavy atom. The number of carbonyl (C=O) groups excluding carboxylic acids is 2. The number of amidine groups is 1. The van der Waals surface area contributed by atoms with E-state index in [2.05, 4.69) is 28.9 Å². The Morgan fingerprint density at radius 1 is 1.18 bits per heavy atom. The quantitative estimate of drug-likeness (QED) is 0.601. The van der Waals surface area contributed by atoms with Crippen molar-refractivity contribution < 1.29 is 18.0 Å². The highest BCUT2D eigenvalue weighted by Gasteiger charge is 2.34. The number of carbonyl (C=O) groups is 2. The van der Waals surface area contributed by atoms with Crippen molar-refractivity contribution in [3.05, 3.63) is 29.8 Å². The van der Waals surface area contributed by atoms with E-state index in [9.17, 15) is 18.0 Å². The van der Waals surface area contributed by atoms with Gasteiger partial charge in [-0.1, -0.05) is 45.7 Å². The van der Waals surface area contributed by atoms with E-state index in [4.69, 9.17) is 0 Å². The number of nitrogens with one attached hydrogen (secondary N) is 2. The largest absolute Gasteiger partial charge is 0.353 e. The molecular formula is C24H36N4O4S. The average molecular weight is 477 g/mol. The Kier molecular flexibility index (Phi) is 8.15. The lowest BCUT2D eigenvalue weighted by molar-refractivity contribution is -0.137. The first-order chi connectivity index (χ1) is 15.6. The molecule has 33 heavy (non-hydrogen) atoms. The second-order valence-electron chi connectivity index (χ2n) is 9.38. The number of fused-ring (bicyclic) bond motifs is 1. The minimum Gasteiger partial charge on any atom is -0.353 e. The van der Waals surface area contributed by atoms with E-state index in [0.717, 1.165) is 12.8 Å². The molecule has 2 N–H and O–H groups in total. The summed E-state index contributed by atoms with van der Waals surface area (Å²) in [5, 5.41) is 3.08. The third-order valence-corrected chi connectivity index (χ3v) is 8.01. The number of likely N-dealkylation sites (tertiary alicyclic amines) is 1. The third-order valence-electron chi connectivity index (χ3n) is 6.61. The zero-order valence-electron chi connectivity index (χ0n) is 20.0. The third kappa shape index (κ3) is 5.93. The van der Waals surface area contributed by atoms with E-state index in [-0.39, 0.29) is 34.5 Å². The summed E-state index contributed by atoms with van der Waals surface area (Å²) in [5.41, 5.74) is 0.501. The molecule has 0 radical (unpaired) electrons. The number of hydrogen-bond acceptors (Lipinski definition) is 5. The number of benzene rings is 1. The van der Waals surface area contributed by atoms with Crippen LogP contribution in [0, 0.1) is 11.8 Å². The number of unbranched alkanes of at least 4 members (excludes halogenated alkanes) is 1. The molecule has 0 bridgehead atoms. The molecule has 182 valence electrons. The van der Waals surface area contributed by atoms with Crippen LogP contribution in [-0.2, 0) is 19.6 Å². The maximum atomic E-state index is 13.3. The van der Waals surface area contributed by atoms with E-state index in [1.807, 2.05) is 13.8 Å². The molecular weight excluding hydrogens is 440 g/mol. The molecule has 2 aliphatic rings. The van der Waals surface area contributed by atoms with E-state index in [0.29, 0.717) is 43.8 Å². The summed E-state index contributed by atoms with van der Waals surface area (Å²) in [6.07, 6.45) is 3.51. The summed E-state index contributed by atoms with van der Waals surface area (Å²) in [4.78, 5) is 32.5. The lowest BCUT2D eigenvalue weighted by Crippen LogP contribution is -2.48. The Hall–Kier alpha value is -2.42. The highest BCUT2D eigenvalue weighted by atomic mass is 32.2. The van der Waals surface area contributed by atoms with Crippen LogP contribution in [-0.4, -0.2) is 56.1 Å². The Balaban J connectivity index is 1.70. The minimum atomic E-state index is -3.65. The number of piperidine rings is 1. The van der Waals surface area contributed by atoms with Crippen molar-refractivity contribution >= 4 is 27.7 Å². The first kappa shape index (κ1) is 25.2. The molecule has 9 heteroatoms. The van der Waals surface area contributed by atoms with Crippen LogP contribution < -0.4 is 10.0 Å². The number of rotatable bonds is 8. The first-order valence-electron chi connectivity index (χ1n) is 11.9. The molecule has 0 aliphatic carbocycles. The van der Waals surface area contributed by atoms with Crippen molar-refractivity contribution in [1.82, 2.24) is 14.9 Å². The highest BCUT2D eigenvalue weighted by Crippen LogP contribution is 2.25. The van der Waals surface area contributed by atoms with Crippen molar-refractivity contribution in [3.8, 4) is 0 Å². The maximum absolute atomic E-state index is 13.3. The topological polar surface area (TPSA) is 108 Å². The van der Waals surface area contributed by atoms with Crippen LogP contribution in [0.1, 0.15) is 65.4 Å². The lowest BCUT2D eigenvalue weighted by atomic mass is 9.94. The normalized spacial score (nSPS) is 20.9. The monoisotopic (exact) mass is 476 g/mol. The van der Waals surface area contributed by atoms with Gasteiger partial charge in [-0.3, -0.25) is 19.3 Å². The number of aliphatic imine (C=N–C) groups is 1. The van der Waals surface area contributed by atoms with Crippen molar-refractivity contribution in [1.29, 1.82) is 0 Å². The fourth-order valence-electron chi connectivity index (χ4n) is 4.11. The SMILES string of the molecule is CCCCC(N=C1NS(=O)(=O)c2ccccc21)C(=O)N1CCC(C(=O)NC(C)C(C)C)CC1. The predicted molar refractivity (Wildman–Crippen MR) is 128 cm³/mol. The fourth-order valence-corrected chi connectivity index (χ4v) is 5.35. The van der Waals surface area contributed by atoms with Crippen LogP contribution in [0.4, 0.5) is 0 Å². The van der Waals surface area contributed by atoms with Crippen LogP contribution in [0.3, 0.4) is 0 Å². The van der Waals surface area contributed by atoms with Gasteiger partial charge in [0.1, 0.15) is 11.9 Å². The van der Waals surface area contributed by atoms with Crippen LogP contribution >= 0.6 is 0 Å². The van der Waals surface area contributed by atoms with Gasteiger partial charge in [-0.2, -0.15) is 0 Å². The summed E-state index contributed by atoms with van der Waals surface area (Å²) in [5.74, 6) is 0.463. The summed E-state index contributed by atoms with van der Waals surface area (Å²) in [7, 11) is -3.65. The van der Waals surface area contributed by atoms with Gasteiger partial charge in [-0.25, -0.2) is 8.42 Å². The van der Waals surface area contributed by atoms with Gasteiger partial charge in [0.2, 0.25) is 11.8 Å². The van der Waals surface area contributed by atoms with E-state index in [1.165, 1.54) is 0 Å². The molecule has 2 heterocycles. The van der Waals surface area contributed by atoms with Crippen LogP contribution in [0.25, 0.3) is 0 Å². The lowest BCUT2D eigenvalue weighted by Gasteiger charge is -2.33. The van der Waals surface area contributed by atoms with Crippen molar-refractivity contribution in [3.63, 3.8) is 0 Å². The summed E-state index contributed by atoms with van der Waals surface area (Å²) in [6.45, 7) is 9.21. The van der Waals surface area contributed by atoms with Gasteiger partial charge in [0.15, 0.2) is 0 Å². The van der Waals surface area contributed by atoms with Crippen LogP contribution in [0.5, 0.6) is 0 Å². The van der Waals surface area contributed by atoms with Crippen molar-refractivity contribution in [2.75, 3.05) is 13.1 Å². The van der Waals surface area contributed by atoms with Crippen molar-refractivity contribution in [2.24, 2.45) is 16.8 Å². The van der Waals surface area contributed by atoms with Gasteiger partial charge in [0.05, 0.1) is 4.90 Å². The summed E-state index contributed by atoms with van der Waals surface area (Å²) >= 11 is 0. The van der Waals surface area contributed by atoms with E-state index < -0.39 is 16.1 Å². The molecule has 1 aromatic carbocycles. The zero-order valence-corrected chi connectivity index (χ0v) is 20.8. The number of nitrogens with zero attached hydrogens (tertiary/aromatic N) is 2. The second-order valence-corrected chi connectivity index (χ2v) is 11.0. The Morgan fingerprint density at radius 3 is 2.48 bits per heavy atom. The van der Waals surface area contributed by atoms with Gasteiger partial charge < -0.3 is 10.2 Å². The predicted octanol–water partition coefficient (Wildman–Crippen LogP) is 2.68. The molecule has 0 aromatic heterocycles. The molecule has 2 aliphatic heterocycles. The number of sulfonamides is 1. The molecule has 1 saturated heterocycles. The second kappa shape index (κ2) is 10.7. The van der Waals surface area contributed by atoms with Gasteiger partial charge in [-0.05, 0) is 44.2 Å². The molecule has 0 saturated carbocycles. The van der Waals surface area contributed by atoms with Crippen LogP contribution in [0.15, 0.2) is 34.2 Å². The van der Waals surface area contributed by atoms with E-state index in [1.54, 1.807) is 29.2 Å². The maximum Gasteiger partial charge on any atom is 0.263 e. The standard InChI is InChI=1S/C24H36N4O4S/c1-5-6-10-20(26-22-19-9-7-8-11-21(19)33(31,32)27-22)24(30)28-14-12-18(13-15-28)23(29)25-17(4)16(2)3/h7-9,11,16-18,20H,5-6,10,12-15H2,1-4H3,(H,25,29)(H,26,27). The number of hydrogen-bond donors (Lipinski definition) is 2. The Bertz CT molecular complexity index is 997. The number of amides is 2. The zero-order chi connectivity index (χ0) is 24.2. The van der Waals surface area contributed by atoms with Gasteiger partial charge in [-0.15, -0.1) is 0 Å². The molecule has 8 nitrogen and oxygen atoms in total. The average Bonchev–Trinajstić information content (AvgIpc) is 3.06.